The highest BCUT2D eigenvalue weighted by Gasteiger charge is 2.17. The number of aliphatic hydroxyl groups is 1. The number of aromatic nitrogens is 2. The highest BCUT2D eigenvalue weighted by molar-refractivity contribution is 6.29. The fourth-order valence-electron chi connectivity index (χ4n) is 3.05. The van der Waals surface area contributed by atoms with Crippen LogP contribution in [0.15, 0.2) is 24.5 Å². The van der Waals surface area contributed by atoms with Crippen molar-refractivity contribution in [3.63, 3.8) is 0 Å². The number of anilines is 1. The van der Waals surface area contributed by atoms with Crippen LogP contribution in [0.25, 0.3) is 11.3 Å². The lowest BCUT2D eigenvalue weighted by Crippen LogP contribution is -2.35. The van der Waals surface area contributed by atoms with Crippen LogP contribution < -0.4 is 5.32 Å². The molecule has 3 rings (SSSR count). The molecule has 0 bridgehead atoms. The third-order valence-corrected chi connectivity index (χ3v) is 4.70. The largest absolute Gasteiger partial charge is 0.396 e. The third-order valence-electron chi connectivity index (χ3n) is 4.50. The van der Waals surface area contributed by atoms with Crippen LogP contribution in [-0.2, 0) is 11.3 Å². The van der Waals surface area contributed by atoms with Crippen molar-refractivity contribution in [1.82, 2.24) is 14.9 Å². The highest BCUT2D eigenvalue weighted by atomic mass is 35.5. The number of hydrogen-bond acceptors (Lipinski definition) is 6. The summed E-state index contributed by atoms with van der Waals surface area (Å²) in [6.45, 7) is 5.71. The van der Waals surface area contributed by atoms with Crippen LogP contribution in [0.2, 0.25) is 5.15 Å². The zero-order valence-corrected chi connectivity index (χ0v) is 16.0. The van der Waals surface area contributed by atoms with Gasteiger partial charge in [-0.25, -0.2) is 9.37 Å². The molecule has 1 fully saturated rings. The molecule has 1 saturated heterocycles. The summed E-state index contributed by atoms with van der Waals surface area (Å²) in [4.78, 5) is 10.6. The molecule has 0 saturated carbocycles. The first-order valence-corrected chi connectivity index (χ1v) is 9.42. The van der Waals surface area contributed by atoms with Crippen molar-refractivity contribution in [2.45, 2.75) is 25.9 Å². The Morgan fingerprint density at radius 2 is 2.07 bits per heavy atom. The van der Waals surface area contributed by atoms with Crippen LogP contribution in [-0.4, -0.2) is 58.9 Å². The van der Waals surface area contributed by atoms with Crippen LogP contribution >= 0.6 is 11.6 Å². The lowest BCUT2D eigenvalue weighted by atomic mass is 10.1. The van der Waals surface area contributed by atoms with Gasteiger partial charge in [-0.2, -0.15) is 0 Å². The zero-order chi connectivity index (χ0) is 19.2. The van der Waals surface area contributed by atoms with Gasteiger partial charge >= 0.3 is 0 Å². The second-order valence-corrected chi connectivity index (χ2v) is 7.06. The molecule has 0 spiro atoms. The second-order valence-electron chi connectivity index (χ2n) is 6.67. The number of rotatable bonds is 7. The Labute approximate surface area is 163 Å². The van der Waals surface area contributed by atoms with Gasteiger partial charge in [0.1, 0.15) is 16.7 Å². The van der Waals surface area contributed by atoms with Gasteiger partial charge in [-0.05, 0) is 31.0 Å². The van der Waals surface area contributed by atoms with Crippen molar-refractivity contribution in [3.05, 3.63) is 41.1 Å². The van der Waals surface area contributed by atoms with Crippen molar-refractivity contribution in [2.24, 2.45) is 0 Å². The minimum absolute atomic E-state index is 0.00382. The van der Waals surface area contributed by atoms with E-state index in [2.05, 4.69) is 20.2 Å². The predicted molar refractivity (Wildman–Crippen MR) is 103 cm³/mol. The van der Waals surface area contributed by atoms with Gasteiger partial charge in [-0.3, -0.25) is 9.88 Å². The fourth-order valence-corrected chi connectivity index (χ4v) is 3.21. The van der Waals surface area contributed by atoms with Crippen LogP contribution in [0.1, 0.15) is 18.9 Å². The predicted octanol–water partition coefficient (Wildman–Crippen LogP) is 2.95. The van der Waals surface area contributed by atoms with E-state index in [4.69, 9.17) is 21.4 Å². The summed E-state index contributed by atoms with van der Waals surface area (Å²) in [5.41, 5.74) is 2.23. The minimum Gasteiger partial charge on any atom is -0.396 e. The minimum atomic E-state index is -0.400. The molecule has 8 heteroatoms. The van der Waals surface area contributed by atoms with E-state index in [1.165, 1.54) is 12.3 Å². The summed E-state index contributed by atoms with van der Waals surface area (Å²) in [6.07, 6.45) is 3.78. The summed E-state index contributed by atoms with van der Waals surface area (Å²) < 4.78 is 20.2. The molecule has 0 aliphatic carbocycles. The van der Waals surface area contributed by atoms with E-state index in [1.54, 1.807) is 12.3 Å². The molecule has 6 nitrogen and oxygen atoms in total. The molecule has 2 aromatic rings. The van der Waals surface area contributed by atoms with Crippen molar-refractivity contribution in [1.29, 1.82) is 0 Å². The molecule has 1 aliphatic rings. The van der Waals surface area contributed by atoms with E-state index in [1.807, 2.05) is 6.92 Å². The molecule has 2 N–H and O–H groups in total. The van der Waals surface area contributed by atoms with E-state index >= 15 is 0 Å². The standard InChI is InChI=1S/C19H24ClFN4O2/c1-13(2-5-26)24-17-9-18(20)22-11-15(17)19-16(21)8-14(10-23-19)12-25-3-6-27-7-4-25/h8-11,13,26H,2-7,12H2,1H3,(H,22,24)/t13-/m0/s1. The first-order chi connectivity index (χ1) is 13.1. The summed E-state index contributed by atoms with van der Waals surface area (Å²) in [5.74, 6) is -0.400. The lowest BCUT2D eigenvalue weighted by Gasteiger charge is -2.26. The smallest absolute Gasteiger partial charge is 0.149 e. The first-order valence-electron chi connectivity index (χ1n) is 9.04. The summed E-state index contributed by atoms with van der Waals surface area (Å²) in [5, 5.41) is 12.7. The molecule has 0 unspecified atom stereocenters. The van der Waals surface area contributed by atoms with Crippen LogP contribution in [0.5, 0.6) is 0 Å². The van der Waals surface area contributed by atoms with E-state index < -0.39 is 5.82 Å². The van der Waals surface area contributed by atoms with Gasteiger partial charge in [0.25, 0.3) is 0 Å². The van der Waals surface area contributed by atoms with Gasteiger partial charge in [0.05, 0.1) is 13.2 Å². The summed E-state index contributed by atoms with van der Waals surface area (Å²) >= 11 is 6.01. The first kappa shape index (κ1) is 19.9. The van der Waals surface area contributed by atoms with Gasteiger partial charge < -0.3 is 15.2 Å². The number of morpholine rings is 1. The number of hydrogen-bond donors (Lipinski definition) is 2. The number of pyridine rings is 2. The molecule has 146 valence electrons. The van der Waals surface area contributed by atoms with Crippen molar-refractivity contribution >= 4 is 17.3 Å². The number of ether oxygens (including phenoxy) is 1. The Balaban J connectivity index is 1.83. The molecule has 0 aromatic carbocycles. The van der Waals surface area contributed by atoms with Crippen LogP contribution in [0, 0.1) is 5.82 Å². The normalized spacial score (nSPS) is 16.3. The lowest BCUT2D eigenvalue weighted by molar-refractivity contribution is 0.0341. The number of nitrogens with one attached hydrogen (secondary N) is 1. The Morgan fingerprint density at radius 3 is 2.78 bits per heavy atom. The maximum absolute atomic E-state index is 14.8. The van der Waals surface area contributed by atoms with Crippen LogP contribution in [0.3, 0.4) is 0 Å². The van der Waals surface area contributed by atoms with E-state index in [-0.39, 0.29) is 18.3 Å². The summed E-state index contributed by atoms with van der Waals surface area (Å²) in [6, 6.07) is 3.16. The molecule has 1 atom stereocenters. The number of halogens is 2. The quantitative estimate of drug-likeness (QED) is 0.703. The van der Waals surface area contributed by atoms with Gasteiger partial charge in [0, 0.05) is 55.9 Å². The van der Waals surface area contributed by atoms with E-state index in [0.29, 0.717) is 42.6 Å². The Morgan fingerprint density at radius 1 is 1.30 bits per heavy atom. The summed E-state index contributed by atoms with van der Waals surface area (Å²) in [7, 11) is 0. The topological polar surface area (TPSA) is 70.5 Å². The van der Waals surface area contributed by atoms with E-state index in [0.717, 1.165) is 18.7 Å². The molecule has 27 heavy (non-hydrogen) atoms. The monoisotopic (exact) mass is 394 g/mol. The van der Waals surface area contributed by atoms with Crippen molar-refractivity contribution < 1.29 is 14.2 Å². The van der Waals surface area contributed by atoms with Gasteiger partial charge in [-0.15, -0.1) is 0 Å². The molecule has 2 aromatic heterocycles. The zero-order valence-electron chi connectivity index (χ0n) is 15.3. The maximum Gasteiger partial charge on any atom is 0.149 e. The SMILES string of the molecule is C[C@@H](CCO)Nc1cc(Cl)ncc1-c1ncc(CN2CCOCC2)cc1F. The molecule has 3 heterocycles. The molecule has 0 amide bonds. The average molecular weight is 395 g/mol. The molecular formula is C19H24ClFN4O2. The molecule has 1 aliphatic heterocycles. The maximum atomic E-state index is 14.8. The third kappa shape index (κ3) is 5.35. The number of nitrogens with zero attached hydrogens (tertiary/aromatic N) is 3. The fraction of sp³-hybridized carbons (Fsp3) is 0.474. The van der Waals surface area contributed by atoms with Crippen molar-refractivity contribution in [3.8, 4) is 11.3 Å². The molecule has 0 radical (unpaired) electrons. The Bertz CT molecular complexity index is 771. The Kier molecular flexibility index (Phi) is 6.95. The van der Waals surface area contributed by atoms with Gasteiger partial charge in [0.15, 0.2) is 0 Å². The second kappa shape index (κ2) is 9.41. The average Bonchev–Trinajstić information content (AvgIpc) is 2.64. The van der Waals surface area contributed by atoms with Gasteiger partial charge in [0.2, 0.25) is 0 Å². The Hall–Kier alpha value is -1.80. The highest BCUT2D eigenvalue weighted by Crippen LogP contribution is 2.30. The molecular weight excluding hydrogens is 371 g/mol. The van der Waals surface area contributed by atoms with Crippen molar-refractivity contribution in [2.75, 3.05) is 38.2 Å². The number of aliphatic hydroxyl groups excluding tert-OH is 1. The van der Waals surface area contributed by atoms with Crippen LogP contribution in [0.4, 0.5) is 10.1 Å². The van der Waals surface area contributed by atoms with Gasteiger partial charge in [-0.1, -0.05) is 11.6 Å². The van der Waals surface area contributed by atoms with E-state index in [9.17, 15) is 4.39 Å².